The van der Waals surface area contributed by atoms with E-state index in [-0.39, 0.29) is 24.8 Å². The molecule has 0 saturated carbocycles. The van der Waals surface area contributed by atoms with Gasteiger partial charge in [0.15, 0.2) is 0 Å². The topological polar surface area (TPSA) is 49.4 Å². The molecule has 0 aliphatic heterocycles. The van der Waals surface area contributed by atoms with E-state index in [4.69, 9.17) is 23.2 Å². The number of aryl methyl sites for hydroxylation is 1. The highest BCUT2D eigenvalue weighted by molar-refractivity contribution is 6.36. The van der Waals surface area contributed by atoms with E-state index in [1.165, 1.54) is 4.90 Å². The molecule has 0 aliphatic rings. The summed E-state index contributed by atoms with van der Waals surface area (Å²) in [5, 5.41) is 5.83. The number of hydrogen-bond donors (Lipinski definition) is 1. The Hall–Kier alpha value is -2.56. The number of rotatable bonds is 7. The molecule has 3 aromatic rings. The maximum atomic E-state index is 13.2. The number of carbonyl (C=O) groups excluding carboxylic acids is 2. The first-order valence-electron chi connectivity index (χ1n) is 9.83. The standard InChI is InChI=1S/C24H24Cl2N2O2/c1-16(24(30)27-2)28(15-20-21(25)11-6-12-22(20)26)23(29)14-13-18-9-5-8-17-7-3-4-10-19(17)18/h3-12,16H,13-15H2,1-2H3,(H,27,30)/t16-/m0/s1. The largest absolute Gasteiger partial charge is 0.357 e. The fourth-order valence-corrected chi connectivity index (χ4v) is 4.06. The van der Waals surface area contributed by atoms with Gasteiger partial charge in [0.2, 0.25) is 11.8 Å². The van der Waals surface area contributed by atoms with Gasteiger partial charge in [0.25, 0.3) is 0 Å². The summed E-state index contributed by atoms with van der Waals surface area (Å²) in [5.74, 6) is -0.369. The van der Waals surface area contributed by atoms with E-state index in [0.717, 1.165) is 16.3 Å². The second kappa shape index (κ2) is 9.96. The third kappa shape index (κ3) is 4.94. The molecule has 3 aromatic carbocycles. The first-order valence-corrected chi connectivity index (χ1v) is 10.6. The van der Waals surface area contributed by atoms with Crippen molar-refractivity contribution in [3.8, 4) is 0 Å². The molecule has 3 rings (SSSR count). The van der Waals surface area contributed by atoms with Crippen molar-refractivity contribution in [1.29, 1.82) is 0 Å². The lowest BCUT2D eigenvalue weighted by Crippen LogP contribution is -2.46. The minimum atomic E-state index is -0.651. The Balaban J connectivity index is 1.83. The molecule has 0 heterocycles. The Morgan fingerprint density at radius 2 is 1.60 bits per heavy atom. The van der Waals surface area contributed by atoms with Crippen LogP contribution in [0.4, 0.5) is 0 Å². The zero-order valence-corrected chi connectivity index (χ0v) is 18.5. The van der Waals surface area contributed by atoms with E-state index < -0.39 is 6.04 Å². The Labute approximate surface area is 186 Å². The average molecular weight is 443 g/mol. The number of fused-ring (bicyclic) bond motifs is 1. The molecule has 0 bridgehead atoms. The van der Waals surface area contributed by atoms with E-state index in [0.29, 0.717) is 22.0 Å². The Morgan fingerprint density at radius 3 is 2.30 bits per heavy atom. The average Bonchev–Trinajstić information content (AvgIpc) is 2.76. The molecule has 0 unspecified atom stereocenters. The molecule has 30 heavy (non-hydrogen) atoms. The van der Waals surface area contributed by atoms with Gasteiger partial charge >= 0.3 is 0 Å². The van der Waals surface area contributed by atoms with Gasteiger partial charge in [-0.1, -0.05) is 71.7 Å². The second-order valence-corrected chi connectivity index (χ2v) is 7.96. The minimum absolute atomic E-state index is 0.130. The summed E-state index contributed by atoms with van der Waals surface area (Å²) >= 11 is 12.6. The van der Waals surface area contributed by atoms with Crippen LogP contribution >= 0.6 is 23.2 Å². The van der Waals surface area contributed by atoms with Crippen molar-refractivity contribution in [2.24, 2.45) is 0 Å². The molecule has 1 atom stereocenters. The number of nitrogens with zero attached hydrogens (tertiary/aromatic N) is 1. The van der Waals surface area contributed by atoms with Gasteiger partial charge in [0.05, 0.1) is 0 Å². The fraction of sp³-hybridized carbons (Fsp3) is 0.250. The number of nitrogens with one attached hydrogen (secondary N) is 1. The molecule has 0 aromatic heterocycles. The molecule has 6 heteroatoms. The van der Waals surface area contributed by atoms with Crippen molar-refractivity contribution in [2.75, 3.05) is 7.05 Å². The molecule has 0 radical (unpaired) electrons. The van der Waals surface area contributed by atoms with Gasteiger partial charge < -0.3 is 10.2 Å². The summed E-state index contributed by atoms with van der Waals surface area (Å²) in [4.78, 5) is 27.0. The van der Waals surface area contributed by atoms with Crippen LogP contribution in [0.5, 0.6) is 0 Å². The van der Waals surface area contributed by atoms with Gasteiger partial charge in [0.1, 0.15) is 6.04 Å². The van der Waals surface area contributed by atoms with Crippen molar-refractivity contribution in [3.63, 3.8) is 0 Å². The number of benzene rings is 3. The van der Waals surface area contributed by atoms with Crippen LogP contribution in [-0.4, -0.2) is 29.8 Å². The molecule has 156 valence electrons. The zero-order valence-electron chi connectivity index (χ0n) is 17.0. The summed E-state index contributed by atoms with van der Waals surface area (Å²) in [6, 6.07) is 18.8. The van der Waals surface area contributed by atoms with Gasteiger partial charge in [-0.2, -0.15) is 0 Å². The first kappa shape index (κ1) is 22.1. The summed E-state index contributed by atoms with van der Waals surface area (Å²) in [6.45, 7) is 1.88. The van der Waals surface area contributed by atoms with Crippen molar-refractivity contribution in [1.82, 2.24) is 10.2 Å². The summed E-state index contributed by atoms with van der Waals surface area (Å²) in [6.07, 6.45) is 0.852. The van der Waals surface area contributed by atoms with Crippen LogP contribution in [0.3, 0.4) is 0 Å². The highest BCUT2D eigenvalue weighted by Crippen LogP contribution is 2.27. The lowest BCUT2D eigenvalue weighted by atomic mass is 10.0. The van der Waals surface area contributed by atoms with Gasteiger partial charge in [-0.15, -0.1) is 0 Å². The van der Waals surface area contributed by atoms with Crippen LogP contribution in [0.15, 0.2) is 60.7 Å². The third-order valence-electron chi connectivity index (χ3n) is 5.29. The van der Waals surface area contributed by atoms with Gasteiger partial charge in [-0.3, -0.25) is 9.59 Å². The lowest BCUT2D eigenvalue weighted by molar-refractivity contribution is -0.140. The number of amides is 2. The predicted octanol–water partition coefficient (Wildman–Crippen LogP) is 5.24. The molecular formula is C24H24Cl2N2O2. The number of likely N-dealkylation sites (N-methyl/N-ethyl adjacent to an activating group) is 1. The summed E-state index contributed by atoms with van der Waals surface area (Å²) in [5.41, 5.74) is 1.74. The van der Waals surface area contributed by atoms with Crippen molar-refractivity contribution in [3.05, 3.63) is 81.8 Å². The number of halogens is 2. The lowest BCUT2D eigenvalue weighted by Gasteiger charge is -2.29. The first-order chi connectivity index (χ1) is 14.4. The monoisotopic (exact) mass is 442 g/mol. The zero-order chi connectivity index (χ0) is 21.7. The smallest absolute Gasteiger partial charge is 0.242 e. The molecule has 0 fully saturated rings. The Bertz CT molecular complexity index is 1040. The molecule has 4 nitrogen and oxygen atoms in total. The van der Waals surface area contributed by atoms with Crippen LogP contribution < -0.4 is 5.32 Å². The van der Waals surface area contributed by atoms with Crippen LogP contribution in [0.1, 0.15) is 24.5 Å². The maximum absolute atomic E-state index is 13.2. The van der Waals surface area contributed by atoms with Crippen molar-refractivity contribution < 1.29 is 9.59 Å². The van der Waals surface area contributed by atoms with Crippen LogP contribution in [0.25, 0.3) is 10.8 Å². The Morgan fingerprint density at radius 1 is 0.967 bits per heavy atom. The molecule has 0 spiro atoms. The Kier molecular flexibility index (Phi) is 7.35. The minimum Gasteiger partial charge on any atom is -0.357 e. The SMILES string of the molecule is CNC(=O)[C@H](C)N(Cc1c(Cl)cccc1Cl)C(=O)CCc1cccc2ccccc12. The van der Waals surface area contributed by atoms with Crippen molar-refractivity contribution in [2.45, 2.75) is 32.4 Å². The molecular weight excluding hydrogens is 419 g/mol. The van der Waals surface area contributed by atoms with Gasteiger partial charge in [0, 0.05) is 35.6 Å². The normalized spacial score (nSPS) is 11.9. The van der Waals surface area contributed by atoms with E-state index in [2.05, 4.69) is 23.5 Å². The second-order valence-electron chi connectivity index (χ2n) is 7.15. The van der Waals surface area contributed by atoms with Gasteiger partial charge in [-0.25, -0.2) is 0 Å². The number of carbonyl (C=O) groups is 2. The van der Waals surface area contributed by atoms with Crippen LogP contribution in [0, 0.1) is 0 Å². The summed E-state index contributed by atoms with van der Waals surface area (Å²) in [7, 11) is 1.56. The van der Waals surface area contributed by atoms with E-state index in [1.807, 2.05) is 24.3 Å². The summed E-state index contributed by atoms with van der Waals surface area (Å²) < 4.78 is 0. The quantitative estimate of drug-likeness (QED) is 0.543. The maximum Gasteiger partial charge on any atom is 0.242 e. The van der Waals surface area contributed by atoms with Crippen LogP contribution in [0.2, 0.25) is 10.0 Å². The van der Waals surface area contributed by atoms with E-state index in [1.54, 1.807) is 32.2 Å². The number of hydrogen-bond acceptors (Lipinski definition) is 2. The fourth-order valence-electron chi connectivity index (χ4n) is 3.54. The predicted molar refractivity (Wildman–Crippen MR) is 123 cm³/mol. The van der Waals surface area contributed by atoms with Crippen LogP contribution in [-0.2, 0) is 22.6 Å². The van der Waals surface area contributed by atoms with Crippen molar-refractivity contribution >= 4 is 45.8 Å². The van der Waals surface area contributed by atoms with E-state index >= 15 is 0 Å². The molecule has 1 N–H and O–H groups in total. The van der Waals surface area contributed by atoms with E-state index in [9.17, 15) is 9.59 Å². The third-order valence-corrected chi connectivity index (χ3v) is 6.00. The molecule has 0 aliphatic carbocycles. The molecule has 0 saturated heterocycles. The highest BCUT2D eigenvalue weighted by atomic mass is 35.5. The highest BCUT2D eigenvalue weighted by Gasteiger charge is 2.26. The molecule has 2 amide bonds. The van der Waals surface area contributed by atoms with Gasteiger partial charge in [-0.05, 0) is 41.8 Å².